The van der Waals surface area contributed by atoms with Crippen molar-refractivity contribution in [1.82, 2.24) is 15.1 Å². The number of nitrogens with zero attached hydrogens (tertiary/aromatic N) is 2. The number of hydrogen-bond donors (Lipinski definition) is 2. The maximum absolute atomic E-state index is 13.0. The first-order valence-corrected chi connectivity index (χ1v) is 11.5. The van der Waals surface area contributed by atoms with E-state index in [1.165, 1.54) is 36.4 Å². The molecule has 2 aliphatic heterocycles. The van der Waals surface area contributed by atoms with Crippen LogP contribution in [0.5, 0.6) is 0 Å². The summed E-state index contributed by atoms with van der Waals surface area (Å²) in [6.45, 7) is 2.31. The summed E-state index contributed by atoms with van der Waals surface area (Å²) in [5, 5.41) is 2.79. The lowest BCUT2D eigenvalue weighted by molar-refractivity contribution is 0.0634. The molecule has 0 saturated carbocycles. The van der Waals surface area contributed by atoms with E-state index in [4.69, 9.17) is 0 Å². The molecular weight excluding hydrogens is 423 g/mol. The van der Waals surface area contributed by atoms with Crippen LogP contribution in [0.1, 0.15) is 23.2 Å². The number of sulfonamides is 1. The number of nitrogens with one attached hydrogen (secondary N) is 2. The van der Waals surface area contributed by atoms with Crippen molar-refractivity contribution in [1.29, 1.82) is 0 Å². The first-order chi connectivity index (χ1) is 14.8. The highest BCUT2D eigenvalue weighted by Crippen LogP contribution is 2.21. The molecule has 0 bridgehead atoms. The fourth-order valence-corrected chi connectivity index (χ4v) is 4.98. The van der Waals surface area contributed by atoms with Gasteiger partial charge in [0.2, 0.25) is 0 Å². The molecule has 2 aromatic rings. The summed E-state index contributed by atoms with van der Waals surface area (Å²) < 4.78 is 40.5. The number of hydrogen-bond acceptors (Lipinski definition) is 4. The molecule has 2 N–H and O–H groups in total. The monoisotopic (exact) mass is 446 g/mol. The van der Waals surface area contributed by atoms with Gasteiger partial charge in [-0.1, -0.05) is 0 Å². The Morgan fingerprint density at radius 2 is 1.77 bits per heavy atom. The minimum Gasteiger partial charge on any atom is -0.337 e. The molecule has 2 aromatic carbocycles. The van der Waals surface area contributed by atoms with Gasteiger partial charge < -0.3 is 15.1 Å². The largest absolute Gasteiger partial charge is 0.337 e. The molecule has 1 unspecified atom stereocenters. The summed E-state index contributed by atoms with van der Waals surface area (Å²) in [6, 6.07) is 10.6. The molecular formula is C21H23FN4O4S. The van der Waals surface area contributed by atoms with E-state index in [2.05, 4.69) is 10.0 Å². The van der Waals surface area contributed by atoms with Gasteiger partial charge in [0.15, 0.2) is 0 Å². The van der Waals surface area contributed by atoms with Crippen molar-refractivity contribution in [2.75, 3.05) is 30.9 Å². The number of carbonyl (C=O) groups excluding carboxylic acids is 2. The number of rotatable bonds is 5. The molecule has 2 saturated heterocycles. The molecule has 164 valence electrons. The summed E-state index contributed by atoms with van der Waals surface area (Å²) >= 11 is 0. The fraction of sp³-hybridized carbons (Fsp3) is 0.333. The van der Waals surface area contributed by atoms with Crippen LogP contribution in [-0.2, 0) is 10.0 Å². The molecule has 3 amide bonds. The van der Waals surface area contributed by atoms with E-state index in [1.54, 1.807) is 9.80 Å². The van der Waals surface area contributed by atoms with E-state index in [0.717, 1.165) is 25.0 Å². The van der Waals surface area contributed by atoms with E-state index < -0.39 is 15.8 Å². The van der Waals surface area contributed by atoms with Crippen molar-refractivity contribution in [2.45, 2.75) is 23.8 Å². The number of anilines is 1. The number of piperidine rings is 1. The Morgan fingerprint density at radius 3 is 2.42 bits per heavy atom. The standard InChI is InChI=1S/C21H23FN4O4S/c22-16-5-7-17(8-6-16)24-31(29,30)19-9-3-15(4-10-19)20(27)25-12-1-2-18(14-25)26-13-11-23-21(26)28/h3-10,18,24H,1-2,11-14H2,(H,23,28). The quantitative estimate of drug-likeness (QED) is 0.736. The molecule has 31 heavy (non-hydrogen) atoms. The first kappa shape index (κ1) is 21.1. The molecule has 0 aromatic heterocycles. The Balaban J connectivity index is 1.44. The van der Waals surface area contributed by atoms with Gasteiger partial charge in [-0.15, -0.1) is 0 Å². The van der Waals surface area contributed by atoms with Crippen LogP contribution in [0, 0.1) is 5.82 Å². The minimum atomic E-state index is -3.87. The molecule has 8 nitrogen and oxygen atoms in total. The van der Waals surface area contributed by atoms with Gasteiger partial charge in [0.05, 0.1) is 10.9 Å². The molecule has 0 spiro atoms. The zero-order chi connectivity index (χ0) is 22.0. The normalized spacial score (nSPS) is 19.3. The van der Waals surface area contributed by atoms with Gasteiger partial charge in [-0.05, 0) is 61.4 Å². The number of urea groups is 1. The number of amides is 3. The summed E-state index contributed by atoms with van der Waals surface area (Å²) in [5.74, 6) is -0.657. The average molecular weight is 447 g/mol. The predicted octanol–water partition coefficient (Wildman–Crippen LogP) is 2.26. The number of benzene rings is 2. The number of carbonyl (C=O) groups is 2. The predicted molar refractivity (Wildman–Crippen MR) is 113 cm³/mol. The first-order valence-electron chi connectivity index (χ1n) is 10.1. The topological polar surface area (TPSA) is 98.8 Å². The van der Waals surface area contributed by atoms with Gasteiger partial charge in [-0.3, -0.25) is 9.52 Å². The van der Waals surface area contributed by atoms with Gasteiger partial charge in [0, 0.05) is 37.4 Å². The third-order valence-electron chi connectivity index (χ3n) is 5.52. The van der Waals surface area contributed by atoms with Crippen molar-refractivity contribution in [2.24, 2.45) is 0 Å². The number of halogens is 1. The zero-order valence-corrected chi connectivity index (χ0v) is 17.6. The van der Waals surface area contributed by atoms with Gasteiger partial charge in [-0.2, -0.15) is 0 Å². The van der Waals surface area contributed by atoms with Crippen LogP contribution in [-0.4, -0.2) is 62.4 Å². The SMILES string of the molecule is O=C(c1ccc(S(=O)(=O)Nc2ccc(F)cc2)cc1)N1CCCC(N2CCNC2=O)C1. The molecule has 0 radical (unpaired) electrons. The van der Waals surface area contributed by atoms with E-state index in [-0.39, 0.29) is 28.6 Å². The lowest BCUT2D eigenvalue weighted by Gasteiger charge is -2.37. The highest BCUT2D eigenvalue weighted by atomic mass is 32.2. The molecule has 4 rings (SSSR count). The Hall–Kier alpha value is -3.14. The zero-order valence-electron chi connectivity index (χ0n) is 16.8. The highest BCUT2D eigenvalue weighted by molar-refractivity contribution is 7.92. The molecule has 0 aliphatic carbocycles. The van der Waals surface area contributed by atoms with Crippen LogP contribution in [0.4, 0.5) is 14.9 Å². The maximum atomic E-state index is 13.0. The highest BCUT2D eigenvalue weighted by Gasteiger charge is 2.33. The summed E-state index contributed by atoms with van der Waals surface area (Å²) in [4.78, 5) is 28.3. The minimum absolute atomic E-state index is 0.00127. The maximum Gasteiger partial charge on any atom is 0.317 e. The Kier molecular flexibility index (Phi) is 5.81. The van der Waals surface area contributed by atoms with Crippen molar-refractivity contribution >= 4 is 27.6 Å². The van der Waals surface area contributed by atoms with Gasteiger partial charge in [-0.25, -0.2) is 17.6 Å². The third-order valence-corrected chi connectivity index (χ3v) is 6.92. The van der Waals surface area contributed by atoms with Crippen LogP contribution >= 0.6 is 0 Å². The van der Waals surface area contributed by atoms with Crippen LogP contribution in [0.25, 0.3) is 0 Å². The Morgan fingerprint density at radius 1 is 1.06 bits per heavy atom. The van der Waals surface area contributed by atoms with Crippen molar-refractivity contribution < 1.29 is 22.4 Å². The molecule has 2 fully saturated rings. The average Bonchev–Trinajstić information content (AvgIpc) is 3.21. The summed E-state index contributed by atoms with van der Waals surface area (Å²) in [7, 11) is -3.87. The van der Waals surface area contributed by atoms with Gasteiger partial charge in [0.1, 0.15) is 5.82 Å². The van der Waals surface area contributed by atoms with E-state index in [0.29, 0.717) is 31.7 Å². The lowest BCUT2D eigenvalue weighted by atomic mass is 10.0. The van der Waals surface area contributed by atoms with Crippen molar-refractivity contribution in [3.8, 4) is 0 Å². The number of likely N-dealkylation sites (tertiary alicyclic amines) is 1. The lowest BCUT2D eigenvalue weighted by Crippen LogP contribution is -2.50. The molecule has 2 aliphatic rings. The molecule has 2 heterocycles. The van der Waals surface area contributed by atoms with Gasteiger partial charge >= 0.3 is 6.03 Å². The fourth-order valence-electron chi connectivity index (χ4n) is 3.92. The van der Waals surface area contributed by atoms with E-state index in [1.807, 2.05) is 0 Å². The van der Waals surface area contributed by atoms with Crippen LogP contribution in [0.2, 0.25) is 0 Å². The van der Waals surface area contributed by atoms with Crippen LogP contribution in [0.3, 0.4) is 0 Å². The summed E-state index contributed by atoms with van der Waals surface area (Å²) in [5.41, 5.74) is 0.624. The van der Waals surface area contributed by atoms with Crippen molar-refractivity contribution in [3.63, 3.8) is 0 Å². The Labute approximate surface area is 180 Å². The van der Waals surface area contributed by atoms with Crippen LogP contribution < -0.4 is 10.0 Å². The Bertz CT molecular complexity index is 1070. The summed E-state index contributed by atoms with van der Waals surface area (Å²) in [6.07, 6.45) is 1.65. The molecule has 1 atom stereocenters. The molecule has 10 heteroatoms. The second kappa shape index (κ2) is 8.54. The van der Waals surface area contributed by atoms with Gasteiger partial charge in [0.25, 0.3) is 15.9 Å². The van der Waals surface area contributed by atoms with E-state index >= 15 is 0 Å². The second-order valence-electron chi connectivity index (χ2n) is 7.61. The van der Waals surface area contributed by atoms with Crippen LogP contribution in [0.15, 0.2) is 53.4 Å². The van der Waals surface area contributed by atoms with Crippen molar-refractivity contribution in [3.05, 3.63) is 59.9 Å². The smallest absolute Gasteiger partial charge is 0.317 e. The van der Waals surface area contributed by atoms with E-state index in [9.17, 15) is 22.4 Å². The third kappa shape index (κ3) is 4.63. The second-order valence-corrected chi connectivity index (χ2v) is 9.29.